The fourth-order valence-corrected chi connectivity index (χ4v) is 1.73. The summed E-state index contributed by atoms with van der Waals surface area (Å²) in [6, 6.07) is 4.37. The number of halogens is 1. The average molecular weight is 223 g/mol. The number of ketones is 1. The smallest absolute Gasteiger partial charge is 0.165 e. The molecule has 1 aromatic rings. The van der Waals surface area contributed by atoms with Crippen molar-refractivity contribution in [3.05, 3.63) is 29.6 Å². The molecule has 0 atom stereocenters. The molecule has 2 nitrogen and oxygen atoms in total. The van der Waals surface area contributed by atoms with E-state index >= 15 is 0 Å². The molecule has 0 spiro atoms. The lowest BCUT2D eigenvalue weighted by molar-refractivity contribution is 0.0959. The molecule has 0 unspecified atom stereocenters. The van der Waals surface area contributed by atoms with E-state index in [1.807, 2.05) is 0 Å². The molecule has 0 saturated heterocycles. The molecule has 2 N–H and O–H groups in total. The van der Waals surface area contributed by atoms with Crippen molar-refractivity contribution in [3.8, 4) is 0 Å². The second-order valence-electron chi connectivity index (χ2n) is 4.01. The molecule has 88 valence electrons. The first-order valence-corrected chi connectivity index (χ1v) is 5.67. The summed E-state index contributed by atoms with van der Waals surface area (Å²) in [6.45, 7) is 4.10. The maximum atomic E-state index is 13.2. The molecule has 0 bridgehead atoms. The molecular weight excluding hydrogens is 205 g/mol. The molecule has 3 heteroatoms. The van der Waals surface area contributed by atoms with Gasteiger partial charge in [-0.25, -0.2) is 4.39 Å². The second kappa shape index (κ2) is 5.64. The van der Waals surface area contributed by atoms with Crippen LogP contribution in [0.5, 0.6) is 0 Å². The zero-order valence-corrected chi connectivity index (χ0v) is 9.79. The number of benzene rings is 1. The van der Waals surface area contributed by atoms with Crippen LogP contribution in [-0.2, 0) is 0 Å². The number of para-hydroxylation sites is 1. The monoisotopic (exact) mass is 223 g/mol. The van der Waals surface area contributed by atoms with Crippen LogP contribution >= 0.6 is 0 Å². The third-order valence-electron chi connectivity index (χ3n) is 2.98. The van der Waals surface area contributed by atoms with Crippen molar-refractivity contribution in [2.75, 3.05) is 5.73 Å². The van der Waals surface area contributed by atoms with Crippen molar-refractivity contribution >= 4 is 11.5 Å². The summed E-state index contributed by atoms with van der Waals surface area (Å²) < 4.78 is 13.2. The maximum Gasteiger partial charge on any atom is 0.165 e. The van der Waals surface area contributed by atoms with Crippen LogP contribution in [0.15, 0.2) is 18.2 Å². The molecule has 16 heavy (non-hydrogen) atoms. The Morgan fingerprint density at radius 3 is 2.56 bits per heavy atom. The molecule has 0 amide bonds. The van der Waals surface area contributed by atoms with E-state index in [1.54, 1.807) is 6.07 Å². The third-order valence-corrected chi connectivity index (χ3v) is 2.98. The summed E-state index contributed by atoms with van der Waals surface area (Å²) >= 11 is 0. The van der Waals surface area contributed by atoms with Crippen LogP contribution in [0.3, 0.4) is 0 Å². The average Bonchev–Trinajstić information content (AvgIpc) is 2.29. The number of hydrogen-bond donors (Lipinski definition) is 1. The molecular formula is C13H18FNO. The molecule has 0 aromatic heterocycles. The zero-order chi connectivity index (χ0) is 12.1. The first-order valence-electron chi connectivity index (χ1n) is 5.67. The lowest BCUT2D eigenvalue weighted by Crippen LogP contribution is -2.10. The van der Waals surface area contributed by atoms with Crippen LogP contribution in [0, 0.1) is 11.7 Å². The SMILES string of the molecule is CCC(CC)CC(=O)c1cccc(F)c1N. The van der Waals surface area contributed by atoms with Gasteiger partial charge in [-0.15, -0.1) is 0 Å². The lowest BCUT2D eigenvalue weighted by atomic mass is 9.93. The Bertz CT molecular complexity index is 372. The van der Waals surface area contributed by atoms with E-state index in [9.17, 15) is 9.18 Å². The first kappa shape index (κ1) is 12.7. The van der Waals surface area contributed by atoms with Gasteiger partial charge in [0, 0.05) is 12.0 Å². The van der Waals surface area contributed by atoms with Crippen molar-refractivity contribution < 1.29 is 9.18 Å². The van der Waals surface area contributed by atoms with Crippen LogP contribution in [0.4, 0.5) is 10.1 Å². The van der Waals surface area contributed by atoms with Gasteiger partial charge in [-0.3, -0.25) is 4.79 Å². The highest BCUT2D eigenvalue weighted by Gasteiger charge is 2.16. The topological polar surface area (TPSA) is 43.1 Å². The molecule has 0 aliphatic rings. The number of nitrogen functional groups attached to an aromatic ring is 1. The normalized spacial score (nSPS) is 10.8. The van der Waals surface area contributed by atoms with Gasteiger partial charge in [0.05, 0.1) is 5.69 Å². The fourth-order valence-electron chi connectivity index (χ4n) is 1.73. The third kappa shape index (κ3) is 2.81. The summed E-state index contributed by atoms with van der Waals surface area (Å²) in [5.74, 6) is -0.226. The Labute approximate surface area is 95.7 Å². The highest BCUT2D eigenvalue weighted by molar-refractivity contribution is 6.00. The maximum absolute atomic E-state index is 13.2. The Balaban J connectivity index is 2.84. The number of Topliss-reactive ketones (excluding diaryl/α,β-unsaturated/α-hetero) is 1. The Kier molecular flexibility index (Phi) is 4.47. The number of rotatable bonds is 5. The van der Waals surface area contributed by atoms with Crippen molar-refractivity contribution in [2.45, 2.75) is 33.1 Å². The van der Waals surface area contributed by atoms with Gasteiger partial charge in [0.1, 0.15) is 5.82 Å². The number of carbonyl (C=O) groups excluding carboxylic acids is 1. The Morgan fingerprint density at radius 1 is 1.38 bits per heavy atom. The predicted molar refractivity (Wildman–Crippen MR) is 63.8 cm³/mol. The largest absolute Gasteiger partial charge is 0.396 e. The van der Waals surface area contributed by atoms with Gasteiger partial charge in [-0.1, -0.05) is 32.8 Å². The van der Waals surface area contributed by atoms with Crippen molar-refractivity contribution in [3.63, 3.8) is 0 Å². The highest BCUT2D eigenvalue weighted by atomic mass is 19.1. The van der Waals surface area contributed by atoms with Gasteiger partial charge in [-0.2, -0.15) is 0 Å². The van der Waals surface area contributed by atoms with Crippen LogP contribution in [-0.4, -0.2) is 5.78 Å². The Morgan fingerprint density at radius 2 is 2.00 bits per heavy atom. The van der Waals surface area contributed by atoms with E-state index in [2.05, 4.69) is 13.8 Å². The van der Waals surface area contributed by atoms with Crippen molar-refractivity contribution in [1.29, 1.82) is 0 Å². The molecule has 1 aromatic carbocycles. The van der Waals surface area contributed by atoms with E-state index in [-0.39, 0.29) is 11.5 Å². The van der Waals surface area contributed by atoms with Crippen molar-refractivity contribution in [2.24, 2.45) is 5.92 Å². The van der Waals surface area contributed by atoms with E-state index < -0.39 is 5.82 Å². The quantitative estimate of drug-likeness (QED) is 0.614. The van der Waals surface area contributed by atoms with E-state index in [4.69, 9.17) is 5.73 Å². The molecule has 0 fully saturated rings. The Hall–Kier alpha value is -1.38. The number of carbonyl (C=O) groups is 1. The van der Waals surface area contributed by atoms with Gasteiger partial charge in [-0.05, 0) is 18.1 Å². The van der Waals surface area contributed by atoms with Gasteiger partial charge >= 0.3 is 0 Å². The standard InChI is InChI=1S/C13H18FNO/c1-3-9(4-2)8-12(16)10-6-5-7-11(14)13(10)15/h5-7,9H,3-4,8,15H2,1-2H3. The van der Waals surface area contributed by atoms with Crippen LogP contribution in [0.1, 0.15) is 43.5 Å². The first-order chi connectivity index (χ1) is 7.60. The zero-order valence-electron chi connectivity index (χ0n) is 9.79. The highest BCUT2D eigenvalue weighted by Crippen LogP contribution is 2.21. The van der Waals surface area contributed by atoms with Crippen molar-refractivity contribution in [1.82, 2.24) is 0 Å². The number of hydrogen-bond acceptors (Lipinski definition) is 2. The van der Waals surface area contributed by atoms with Gasteiger partial charge in [0.25, 0.3) is 0 Å². The minimum absolute atomic E-state index is 0.0292. The summed E-state index contributed by atoms with van der Waals surface area (Å²) in [5.41, 5.74) is 5.83. The van der Waals surface area contributed by atoms with Gasteiger partial charge in [0.2, 0.25) is 0 Å². The molecule has 0 radical (unpaired) electrons. The summed E-state index contributed by atoms with van der Waals surface area (Å²) in [7, 11) is 0. The van der Waals surface area contributed by atoms with E-state index in [0.717, 1.165) is 12.8 Å². The van der Waals surface area contributed by atoms with Gasteiger partial charge < -0.3 is 5.73 Å². The number of nitrogens with two attached hydrogens (primary N) is 1. The van der Waals surface area contributed by atoms with Gasteiger partial charge in [0.15, 0.2) is 5.78 Å². The second-order valence-corrected chi connectivity index (χ2v) is 4.01. The predicted octanol–water partition coefficient (Wildman–Crippen LogP) is 3.42. The molecule has 1 rings (SSSR count). The summed E-state index contributed by atoms with van der Waals surface area (Å²) in [4.78, 5) is 11.9. The lowest BCUT2D eigenvalue weighted by Gasteiger charge is -2.12. The minimum Gasteiger partial charge on any atom is -0.396 e. The minimum atomic E-state index is -0.518. The van der Waals surface area contributed by atoms with Crippen LogP contribution in [0.2, 0.25) is 0 Å². The summed E-state index contributed by atoms with van der Waals surface area (Å²) in [6.07, 6.45) is 2.36. The number of anilines is 1. The molecule has 0 aliphatic carbocycles. The summed E-state index contributed by atoms with van der Waals surface area (Å²) in [5, 5.41) is 0. The van der Waals surface area contributed by atoms with E-state index in [0.29, 0.717) is 17.9 Å². The van der Waals surface area contributed by atoms with E-state index in [1.165, 1.54) is 12.1 Å². The molecule has 0 aliphatic heterocycles. The van der Waals surface area contributed by atoms with Crippen LogP contribution in [0.25, 0.3) is 0 Å². The molecule has 0 heterocycles. The van der Waals surface area contributed by atoms with Crippen LogP contribution < -0.4 is 5.73 Å². The fraction of sp³-hybridized carbons (Fsp3) is 0.462. The molecule has 0 saturated carbocycles.